The number of hydrogen-bond acceptors (Lipinski definition) is 6. The first-order chi connectivity index (χ1) is 14.7. The van der Waals surface area contributed by atoms with Gasteiger partial charge in [0, 0.05) is 17.8 Å². The van der Waals surface area contributed by atoms with Crippen LogP contribution in [0.4, 0.5) is 36.4 Å². The van der Waals surface area contributed by atoms with Gasteiger partial charge < -0.3 is 30.7 Å². The smallest absolute Gasteiger partial charge is 0.403 e. The van der Waals surface area contributed by atoms with Crippen molar-refractivity contribution in [3.8, 4) is 5.75 Å². The van der Waals surface area contributed by atoms with E-state index in [9.17, 15) is 35.5 Å². The van der Waals surface area contributed by atoms with Crippen molar-refractivity contribution in [1.82, 2.24) is 4.90 Å². The molecule has 1 heterocycles. The van der Waals surface area contributed by atoms with E-state index in [0.29, 0.717) is 6.04 Å². The lowest BCUT2D eigenvalue weighted by atomic mass is 10.1. The summed E-state index contributed by atoms with van der Waals surface area (Å²) in [5.41, 5.74) is 8.87. The average Bonchev–Trinajstić information content (AvgIpc) is 3.50. The van der Waals surface area contributed by atoms with Gasteiger partial charge in [-0.2, -0.15) is 13.2 Å². The molecule has 2 fully saturated rings. The van der Waals surface area contributed by atoms with E-state index in [2.05, 4.69) is 16.7 Å². The van der Waals surface area contributed by atoms with Gasteiger partial charge in [-0.05, 0) is 58.0 Å². The van der Waals surface area contributed by atoms with E-state index in [4.69, 9.17) is 16.3 Å². The minimum Gasteiger partial charge on any atom is -0.403 e. The number of nitrogen functional groups attached to an aromatic ring is 1. The van der Waals surface area contributed by atoms with Crippen molar-refractivity contribution in [2.24, 2.45) is 11.1 Å². The molecule has 0 unspecified atom stereocenters. The zero-order chi connectivity index (χ0) is 25.2. The number of halogens is 7. The maximum atomic E-state index is 12.7. The summed E-state index contributed by atoms with van der Waals surface area (Å²) >= 11 is 0. The molecule has 184 valence electrons. The zero-order valence-corrected chi connectivity index (χ0v) is 17.3. The van der Waals surface area contributed by atoms with Gasteiger partial charge in [-0.25, -0.2) is 4.39 Å². The number of nitrogens with two attached hydrogens (primary N) is 2. The van der Waals surface area contributed by atoms with Gasteiger partial charge in [-0.1, -0.05) is 0 Å². The predicted molar refractivity (Wildman–Crippen MR) is 103 cm³/mol. The SMILES string of the molecule is C=O.CN1CCC(N)CC1.Nc1ccc(OC(F)(F)F)c(F)c1.O=CC1(C(F)(F)F)CC1. The molecule has 0 amide bonds. The van der Waals surface area contributed by atoms with Crippen molar-refractivity contribution >= 4 is 18.8 Å². The second-order valence-electron chi connectivity index (χ2n) is 7.15. The van der Waals surface area contributed by atoms with Gasteiger partial charge in [0.15, 0.2) is 11.6 Å². The number of piperidine rings is 1. The molecule has 0 aromatic heterocycles. The van der Waals surface area contributed by atoms with Crippen LogP contribution in [0.2, 0.25) is 0 Å². The number of aldehydes is 1. The Labute approximate surface area is 180 Å². The Balaban J connectivity index is 0.000000447. The summed E-state index contributed by atoms with van der Waals surface area (Å²) in [7, 11) is 2.14. The molecule has 0 radical (unpaired) electrons. The van der Waals surface area contributed by atoms with Gasteiger partial charge in [-0.3, -0.25) is 0 Å². The average molecular weight is 477 g/mol. The number of nitrogens with zero attached hydrogens (tertiary/aromatic N) is 1. The Morgan fingerprint density at radius 3 is 1.91 bits per heavy atom. The fourth-order valence-electron chi connectivity index (χ4n) is 2.36. The van der Waals surface area contributed by atoms with E-state index >= 15 is 0 Å². The van der Waals surface area contributed by atoms with E-state index in [-0.39, 0.29) is 24.8 Å². The summed E-state index contributed by atoms with van der Waals surface area (Å²) < 4.78 is 85.8. The Bertz CT molecular complexity index is 692. The zero-order valence-electron chi connectivity index (χ0n) is 17.3. The second kappa shape index (κ2) is 12.6. The monoisotopic (exact) mass is 477 g/mol. The first-order valence-electron chi connectivity index (χ1n) is 9.26. The largest absolute Gasteiger partial charge is 0.573 e. The third kappa shape index (κ3) is 10.8. The second-order valence-corrected chi connectivity index (χ2v) is 7.15. The van der Waals surface area contributed by atoms with Crippen LogP contribution in [0.5, 0.6) is 5.75 Å². The van der Waals surface area contributed by atoms with Crippen LogP contribution in [0.15, 0.2) is 18.2 Å². The lowest BCUT2D eigenvalue weighted by molar-refractivity contribution is -0.275. The summed E-state index contributed by atoms with van der Waals surface area (Å²) in [6.07, 6.45) is -6.90. The Morgan fingerprint density at radius 2 is 1.62 bits per heavy atom. The molecule has 1 aromatic carbocycles. The molecule has 0 bridgehead atoms. The number of likely N-dealkylation sites (tertiary alicyclic amines) is 1. The molecular formula is C19H26F7N3O3. The summed E-state index contributed by atoms with van der Waals surface area (Å²) in [5, 5.41) is 0. The molecule has 0 atom stereocenters. The summed E-state index contributed by atoms with van der Waals surface area (Å²) in [6.45, 7) is 4.36. The molecule has 0 spiro atoms. The molecule has 1 aliphatic carbocycles. The van der Waals surface area contributed by atoms with Crippen molar-refractivity contribution in [2.45, 2.75) is 44.3 Å². The molecule has 1 aliphatic heterocycles. The molecule has 1 saturated heterocycles. The van der Waals surface area contributed by atoms with Crippen molar-refractivity contribution in [2.75, 3.05) is 25.9 Å². The first-order valence-corrected chi connectivity index (χ1v) is 9.26. The molecule has 3 rings (SSSR count). The normalized spacial score (nSPS) is 17.9. The minimum absolute atomic E-state index is 0.00694. The Morgan fingerprint density at radius 1 is 1.12 bits per heavy atom. The van der Waals surface area contributed by atoms with Crippen LogP contribution in [0.3, 0.4) is 0 Å². The maximum Gasteiger partial charge on any atom is 0.573 e. The van der Waals surface area contributed by atoms with Crippen LogP contribution in [-0.4, -0.2) is 56.7 Å². The first kappa shape index (κ1) is 29.6. The predicted octanol–water partition coefficient (Wildman–Crippen LogP) is 3.69. The molecule has 6 nitrogen and oxygen atoms in total. The summed E-state index contributed by atoms with van der Waals surface area (Å²) in [6, 6.07) is 3.16. The lowest BCUT2D eigenvalue weighted by Crippen LogP contribution is -2.37. The van der Waals surface area contributed by atoms with E-state index in [1.165, 1.54) is 25.9 Å². The molecule has 13 heteroatoms. The number of alkyl halides is 6. The van der Waals surface area contributed by atoms with Crippen molar-refractivity contribution in [3.05, 3.63) is 24.0 Å². The highest BCUT2D eigenvalue weighted by molar-refractivity contribution is 5.64. The van der Waals surface area contributed by atoms with Gasteiger partial charge in [0.25, 0.3) is 0 Å². The Hall–Kier alpha value is -2.41. The number of carbonyl (C=O) groups excluding carboxylic acids is 2. The molecule has 2 aliphatic rings. The topological polar surface area (TPSA) is 98.7 Å². The fraction of sp³-hybridized carbons (Fsp3) is 0.579. The van der Waals surface area contributed by atoms with Gasteiger partial charge in [-0.15, -0.1) is 13.2 Å². The van der Waals surface area contributed by atoms with Gasteiger partial charge in [0.1, 0.15) is 18.5 Å². The molecule has 4 N–H and O–H groups in total. The number of benzene rings is 1. The van der Waals surface area contributed by atoms with Gasteiger partial charge >= 0.3 is 12.5 Å². The van der Waals surface area contributed by atoms with Crippen LogP contribution < -0.4 is 16.2 Å². The van der Waals surface area contributed by atoms with E-state index in [0.717, 1.165) is 18.2 Å². The van der Waals surface area contributed by atoms with Crippen molar-refractivity contribution in [3.63, 3.8) is 0 Å². The quantitative estimate of drug-likeness (QED) is 0.383. The lowest BCUT2D eigenvalue weighted by Gasteiger charge is -2.25. The highest BCUT2D eigenvalue weighted by Crippen LogP contribution is 2.55. The van der Waals surface area contributed by atoms with E-state index in [1.807, 2.05) is 6.79 Å². The minimum atomic E-state index is -4.89. The van der Waals surface area contributed by atoms with Crippen LogP contribution in [0.25, 0.3) is 0 Å². The van der Waals surface area contributed by atoms with E-state index < -0.39 is 29.5 Å². The molecule has 32 heavy (non-hydrogen) atoms. The highest BCUT2D eigenvalue weighted by Gasteiger charge is 2.63. The van der Waals surface area contributed by atoms with Gasteiger partial charge in [0.05, 0.1) is 0 Å². The highest BCUT2D eigenvalue weighted by atomic mass is 19.4. The summed E-state index contributed by atoms with van der Waals surface area (Å²) in [4.78, 5) is 20.1. The molecular weight excluding hydrogens is 451 g/mol. The maximum absolute atomic E-state index is 12.7. The third-order valence-electron chi connectivity index (χ3n) is 4.52. The van der Waals surface area contributed by atoms with Crippen LogP contribution in [0, 0.1) is 11.2 Å². The number of ether oxygens (including phenoxy) is 1. The van der Waals surface area contributed by atoms with Crippen molar-refractivity contribution in [1.29, 1.82) is 0 Å². The Kier molecular flexibility index (Phi) is 11.6. The third-order valence-corrected chi connectivity index (χ3v) is 4.52. The van der Waals surface area contributed by atoms with Crippen LogP contribution in [-0.2, 0) is 9.59 Å². The summed E-state index contributed by atoms with van der Waals surface area (Å²) in [5.74, 6) is -2.03. The molecule has 1 aromatic rings. The van der Waals surface area contributed by atoms with Crippen molar-refractivity contribution < 1.29 is 45.1 Å². The fourth-order valence-corrected chi connectivity index (χ4v) is 2.36. The number of carbonyl (C=O) groups is 2. The van der Waals surface area contributed by atoms with E-state index in [1.54, 1.807) is 0 Å². The molecule has 1 saturated carbocycles. The standard InChI is InChI=1S/C7H5F4NO.C6H14N2.C5H5F3O.CH2O/c8-5-3-4(12)1-2-6(5)13-7(9,10)11;1-8-4-2-6(7)3-5-8;6-5(7,8)4(3-9)1-2-4;1-2/h1-3H,12H2;6H,2-5,7H2,1H3;3H,1-2H2;1H2. The van der Waals surface area contributed by atoms with Gasteiger partial charge in [0.2, 0.25) is 0 Å². The van der Waals surface area contributed by atoms with Crippen LogP contribution >= 0.6 is 0 Å². The number of anilines is 1. The number of rotatable bonds is 2. The number of hydrogen-bond donors (Lipinski definition) is 2. The van der Waals surface area contributed by atoms with Crippen LogP contribution in [0.1, 0.15) is 25.7 Å².